The molecular formula is C29H17N5. The fourth-order valence-electron chi connectivity index (χ4n) is 5.07. The largest absolute Gasteiger partial charge is 0.308 e. The molecular weight excluding hydrogens is 418 g/mol. The van der Waals surface area contributed by atoms with Gasteiger partial charge in [-0.3, -0.25) is 9.55 Å². The van der Waals surface area contributed by atoms with Crippen LogP contribution in [0.2, 0.25) is 0 Å². The molecule has 4 aromatic heterocycles. The van der Waals surface area contributed by atoms with Gasteiger partial charge in [-0.15, -0.1) is 0 Å². The summed E-state index contributed by atoms with van der Waals surface area (Å²) in [4.78, 5) is 9.10. The zero-order valence-electron chi connectivity index (χ0n) is 18.1. The Hall–Kier alpha value is -4.95. The molecule has 0 bridgehead atoms. The maximum absolute atomic E-state index is 9.94. The monoisotopic (exact) mass is 435 g/mol. The third-order valence-corrected chi connectivity index (χ3v) is 6.46. The third kappa shape index (κ3) is 2.54. The van der Waals surface area contributed by atoms with Gasteiger partial charge in [-0.2, -0.15) is 5.26 Å². The van der Waals surface area contributed by atoms with Crippen molar-refractivity contribution in [1.29, 1.82) is 5.26 Å². The van der Waals surface area contributed by atoms with Crippen molar-refractivity contribution < 1.29 is 0 Å². The molecule has 0 saturated heterocycles. The lowest BCUT2D eigenvalue weighted by atomic mass is 10.1. The van der Waals surface area contributed by atoms with Crippen LogP contribution in [-0.2, 0) is 0 Å². The number of para-hydroxylation sites is 2. The van der Waals surface area contributed by atoms with Gasteiger partial charge in [0.2, 0.25) is 0 Å². The van der Waals surface area contributed by atoms with Crippen molar-refractivity contribution in [2.24, 2.45) is 0 Å². The Labute approximate surface area is 194 Å². The van der Waals surface area contributed by atoms with Crippen LogP contribution >= 0.6 is 0 Å². The van der Waals surface area contributed by atoms with Gasteiger partial charge >= 0.3 is 0 Å². The number of aromatic nitrogens is 4. The summed E-state index contributed by atoms with van der Waals surface area (Å²) >= 11 is 0. The van der Waals surface area contributed by atoms with Crippen LogP contribution in [0.1, 0.15) is 5.56 Å². The summed E-state index contributed by atoms with van der Waals surface area (Å²) in [6.45, 7) is 0. The zero-order valence-corrected chi connectivity index (χ0v) is 18.1. The normalized spacial score (nSPS) is 11.5. The van der Waals surface area contributed by atoms with E-state index in [0.717, 1.165) is 55.1 Å². The minimum absolute atomic E-state index is 0.587. The summed E-state index contributed by atoms with van der Waals surface area (Å²) in [5, 5.41) is 14.4. The molecule has 3 aromatic carbocycles. The van der Waals surface area contributed by atoms with Gasteiger partial charge in [0, 0.05) is 39.6 Å². The molecule has 0 N–H and O–H groups in total. The second-order valence-corrected chi connectivity index (χ2v) is 8.32. The molecule has 0 unspecified atom stereocenters. The fourth-order valence-corrected chi connectivity index (χ4v) is 5.07. The summed E-state index contributed by atoms with van der Waals surface area (Å²) in [6, 6.07) is 31.0. The van der Waals surface area contributed by atoms with Crippen molar-refractivity contribution in [3.05, 3.63) is 109 Å². The van der Waals surface area contributed by atoms with Crippen LogP contribution in [-0.4, -0.2) is 19.1 Å². The Kier molecular flexibility index (Phi) is 3.84. The molecule has 0 spiro atoms. The van der Waals surface area contributed by atoms with Crippen molar-refractivity contribution in [1.82, 2.24) is 19.1 Å². The van der Waals surface area contributed by atoms with E-state index < -0.39 is 0 Å². The van der Waals surface area contributed by atoms with E-state index in [0.29, 0.717) is 5.56 Å². The summed E-state index contributed by atoms with van der Waals surface area (Å²) in [5.41, 5.74) is 6.40. The maximum Gasteiger partial charge on any atom is 0.145 e. The molecule has 5 heteroatoms. The third-order valence-electron chi connectivity index (χ3n) is 6.46. The number of hydrogen-bond donors (Lipinski definition) is 0. The highest BCUT2D eigenvalue weighted by molar-refractivity contribution is 6.09. The van der Waals surface area contributed by atoms with E-state index in [2.05, 4.69) is 56.6 Å². The molecule has 7 aromatic rings. The van der Waals surface area contributed by atoms with Gasteiger partial charge in [-0.05, 0) is 48.5 Å². The Bertz CT molecular complexity index is 1700. The number of rotatable bonds is 2. The molecule has 0 atom stereocenters. The van der Waals surface area contributed by atoms with Crippen LogP contribution in [0.5, 0.6) is 0 Å². The van der Waals surface area contributed by atoms with Crippen LogP contribution in [0.4, 0.5) is 0 Å². The van der Waals surface area contributed by atoms with E-state index in [1.165, 1.54) is 0 Å². The van der Waals surface area contributed by atoms with Crippen molar-refractivity contribution in [2.75, 3.05) is 0 Å². The predicted molar refractivity (Wildman–Crippen MR) is 135 cm³/mol. The molecule has 5 nitrogen and oxygen atoms in total. The Balaban J connectivity index is 1.60. The Morgan fingerprint density at radius 3 is 2.06 bits per heavy atom. The van der Waals surface area contributed by atoms with E-state index in [1.807, 2.05) is 67.1 Å². The number of fused-ring (bicyclic) bond motifs is 6. The molecule has 0 radical (unpaired) electrons. The van der Waals surface area contributed by atoms with E-state index in [4.69, 9.17) is 4.98 Å². The van der Waals surface area contributed by atoms with Crippen LogP contribution in [0, 0.1) is 11.3 Å². The zero-order chi connectivity index (χ0) is 22.6. The first kappa shape index (κ1) is 18.6. The highest BCUT2D eigenvalue weighted by Gasteiger charge is 2.17. The smallest absolute Gasteiger partial charge is 0.145 e. The van der Waals surface area contributed by atoms with Gasteiger partial charge in [-0.1, -0.05) is 36.4 Å². The minimum atomic E-state index is 0.587. The second kappa shape index (κ2) is 7.03. The summed E-state index contributed by atoms with van der Waals surface area (Å²) in [7, 11) is 0. The van der Waals surface area contributed by atoms with Gasteiger partial charge < -0.3 is 4.57 Å². The molecule has 158 valence electrons. The van der Waals surface area contributed by atoms with Crippen molar-refractivity contribution in [2.45, 2.75) is 0 Å². The predicted octanol–water partition coefficient (Wildman–Crippen LogP) is 6.54. The molecule has 0 amide bonds. The number of pyridine rings is 2. The number of nitrogens with zero attached hydrogens (tertiary/aromatic N) is 5. The fraction of sp³-hybridized carbons (Fsp3) is 0. The molecule has 0 saturated carbocycles. The summed E-state index contributed by atoms with van der Waals surface area (Å²) < 4.78 is 4.32. The Morgan fingerprint density at radius 1 is 0.618 bits per heavy atom. The van der Waals surface area contributed by atoms with E-state index in [9.17, 15) is 5.26 Å². The standard InChI is InChI=1S/C29H17N5/c30-17-19-14-20(33-26-9-3-1-6-22(26)24-11-13-31-18-28(24)33)16-21(15-19)34-27-10-4-2-7-23(27)25-8-5-12-32-29(25)34/h1-16,18H. The highest BCUT2D eigenvalue weighted by atomic mass is 15.1. The second-order valence-electron chi connectivity index (χ2n) is 8.32. The van der Waals surface area contributed by atoms with E-state index >= 15 is 0 Å². The van der Waals surface area contributed by atoms with Gasteiger partial charge in [0.05, 0.1) is 40.1 Å². The summed E-state index contributed by atoms with van der Waals surface area (Å²) in [6.07, 6.45) is 5.52. The van der Waals surface area contributed by atoms with Gasteiger partial charge in [0.15, 0.2) is 0 Å². The number of hydrogen-bond acceptors (Lipinski definition) is 3. The molecule has 7 rings (SSSR count). The molecule has 34 heavy (non-hydrogen) atoms. The molecule has 0 fully saturated rings. The molecule has 0 aliphatic rings. The van der Waals surface area contributed by atoms with Crippen LogP contribution < -0.4 is 0 Å². The SMILES string of the molecule is N#Cc1cc(-n2c3ccccc3c3ccncc32)cc(-n2c3ccccc3c3cccnc32)c1. The summed E-state index contributed by atoms with van der Waals surface area (Å²) in [5.74, 6) is 0. The topological polar surface area (TPSA) is 59.4 Å². The van der Waals surface area contributed by atoms with Crippen molar-refractivity contribution in [3.63, 3.8) is 0 Å². The molecule has 4 heterocycles. The molecule has 0 aliphatic carbocycles. The van der Waals surface area contributed by atoms with Gasteiger partial charge in [0.25, 0.3) is 0 Å². The minimum Gasteiger partial charge on any atom is -0.308 e. The average molecular weight is 435 g/mol. The van der Waals surface area contributed by atoms with Gasteiger partial charge in [-0.25, -0.2) is 4.98 Å². The van der Waals surface area contributed by atoms with Gasteiger partial charge in [0.1, 0.15) is 5.65 Å². The van der Waals surface area contributed by atoms with E-state index in [-0.39, 0.29) is 0 Å². The average Bonchev–Trinajstić information content (AvgIpc) is 3.42. The number of benzene rings is 3. The Morgan fingerprint density at radius 2 is 1.26 bits per heavy atom. The van der Waals surface area contributed by atoms with Crippen LogP contribution in [0.25, 0.3) is 55.1 Å². The first-order chi connectivity index (χ1) is 16.8. The van der Waals surface area contributed by atoms with Crippen molar-refractivity contribution >= 4 is 43.7 Å². The molecule has 0 aliphatic heterocycles. The van der Waals surface area contributed by atoms with Crippen molar-refractivity contribution in [3.8, 4) is 17.4 Å². The number of nitriles is 1. The van der Waals surface area contributed by atoms with E-state index in [1.54, 1.807) is 0 Å². The first-order valence-electron chi connectivity index (χ1n) is 11.1. The quantitative estimate of drug-likeness (QED) is 0.310. The maximum atomic E-state index is 9.94. The lowest BCUT2D eigenvalue weighted by Crippen LogP contribution is -2.01. The van der Waals surface area contributed by atoms with Crippen LogP contribution in [0.3, 0.4) is 0 Å². The lowest BCUT2D eigenvalue weighted by Gasteiger charge is -2.13. The first-order valence-corrected chi connectivity index (χ1v) is 11.1. The lowest BCUT2D eigenvalue weighted by molar-refractivity contribution is 1.10. The van der Waals surface area contributed by atoms with Crippen LogP contribution in [0.15, 0.2) is 104 Å². The highest BCUT2D eigenvalue weighted by Crippen LogP contribution is 2.35.